The Balaban J connectivity index is 0.000000191. The molecule has 0 bridgehead atoms. The van der Waals surface area contributed by atoms with Crippen LogP contribution in [0.4, 0.5) is 39.5 Å². The summed E-state index contributed by atoms with van der Waals surface area (Å²) in [6, 6.07) is 11.4. The lowest BCUT2D eigenvalue weighted by Crippen LogP contribution is -2.55. The zero-order chi connectivity index (χ0) is 61.2. The van der Waals surface area contributed by atoms with E-state index in [1.807, 2.05) is 0 Å². The van der Waals surface area contributed by atoms with Crippen molar-refractivity contribution >= 4 is 5.91 Å². The van der Waals surface area contributed by atoms with Gasteiger partial charge in [0.25, 0.3) is 0 Å². The fourth-order valence-corrected chi connectivity index (χ4v) is 11.2. The molecule has 5 heterocycles. The van der Waals surface area contributed by atoms with Crippen LogP contribution in [0.5, 0.6) is 0 Å². The predicted molar refractivity (Wildman–Crippen MR) is 285 cm³/mol. The van der Waals surface area contributed by atoms with Gasteiger partial charge >= 0.3 is 0 Å². The highest BCUT2D eigenvalue weighted by atomic mass is 19.3. The van der Waals surface area contributed by atoms with Gasteiger partial charge in [-0.25, -0.2) is 39.5 Å². The van der Waals surface area contributed by atoms with Crippen molar-refractivity contribution in [2.45, 2.75) is 138 Å². The van der Waals surface area contributed by atoms with Crippen LogP contribution in [0.3, 0.4) is 0 Å². The molecule has 3 aromatic carbocycles. The Kier molecular flexibility index (Phi) is 28.3. The SMILES string of the molecule is CC(=O)N1C[C@@H](O)[C@H](O)[C@@H](C(F)F)C1.OC(c1cc(F)cc(F)c1)[C@H]1CNC[C@@H](O)[C@@H]1O.O[C@@H]1[C@@H](Cc2ccc(F)cc2)CNC[C@H]1O.O[C@H]1[C@H](O)CNC[C@@H]1C(F)CC1CCCCC1.O[C@H]1[C@H](O)CNC[C@@H]1C(F)c1cc(F)cc(F)c1. The summed E-state index contributed by atoms with van der Waals surface area (Å²) in [5.41, 5.74) is 0.848. The highest BCUT2D eigenvalue weighted by molar-refractivity contribution is 5.73. The zero-order valence-electron chi connectivity index (χ0n) is 46.0. The summed E-state index contributed by atoms with van der Waals surface area (Å²) in [5, 5.41) is 117. The Labute approximate surface area is 476 Å². The number of carbonyl (C=O) groups excluding carboxylic acids is 1. The summed E-state index contributed by atoms with van der Waals surface area (Å²) in [5.74, 6) is -6.94. The molecule has 5 saturated heterocycles. The molecule has 83 heavy (non-hydrogen) atoms. The van der Waals surface area contributed by atoms with Gasteiger partial charge in [-0.15, -0.1) is 0 Å². The quantitative estimate of drug-likeness (QED) is 0.129. The second-order valence-corrected chi connectivity index (χ2v) is 22.4. The van der Waals surface area contributed by atoms with E-state index in [-0.39, 0.29) is 68.0 Å². The van der Waals surface area contributed by atoms with E-state index < -0.39 is 133 Å². The lowest BCUT2D eigenvalue weighted by molar-refractivity contribution is -0.148. The van der Waals surface area contributed by atoms with Gasteiger partial charge in [0.05, 0.1) is 73.1 Å². The summed E-state index contributed by atoms with van der Waals surface area (Å²) in [6.07, 6.45) is -9.91. The van der Waals surface area contributed by atoms with E-state index in [4.69, 9.17) is 0 Å². The minimum absolute atomic E-state index is 0.0192. The Hall–Kier alpha value is -4.10. The molecular formula is C57H82F9N5O12. The third kappa shape index (κ3) is 21.1. The Morgan fingerprint density at radius 3 is 1.45 bits per heavy atom. The number of aliphatic hydroxyl groups is 11. The van der Waals surface area contributed by atoms with Crippen LogP contribution < -0.4 is 21.3 Å². The van der Waals surface area contributed by atoms with Crippen LogP contribution in [0.25, 0.3) is 0 Å². The lowest BCUT2D eigenvalue weighted by Gasteiger charge is -2.38. The zero-order valence-corrected chi connectivity index (χ0v) is 46.0. The molecule has 6 fully saturated rings. The number of alkyl halides is 4. The molecule has 26 heteroatoms. The third-order valence-corrected chi connectivity index (χ3v) is 16.1. The van der Waals surface area contributed by atoms with Gasteiger partial charge in [-0.05, 0) is 71.8 Å². The van der Waals surface area contributed by atoms with Gasteiger partial charge in [-0.2, -0.15) is 0 Å². The van der Waals surface area contributed by atoms with Gasteiger partial charge in [0.15, 0.2) is 0 Å². The highest BCUT2D eigenvalue weighted by Gasteiger charge is 2.42. The summed E-state index contributed by atoms with van der Waals surface area (Å²) in [6.45, 7) is 3.70. The van der Waals surface area contributed by atoms with Crippen LogP contribution in [0.1, 0.15) is 74.4 Å². The molecule has 0 spiro atoms. The van der Waals surface area contributed by atoms with Gasteiger partial charge < -0.3 is 82.3 Å². The molecule has 470 valence electrons. The minimum atomic E-state index is -2.73. The van der Waals surface area contributed by atoms with E-state index in [1.165, 1.54) is 38.3 Å². The van der Waals surface area contributed by atoms with Crippen LogP contribution in [0.15, 0.2) is 60.7 Å². The Bertz CT molecular complexity index is 2280. The molecule has 0 aromatic heterocycles. The second-order valence-electron chi connectivity index (χ2n) is 22.4. The van der Waals surface area contributed by atoms with Crippen LogP contribution in [0.2, 0.25) is 0 Å². The second kappa shape index (κ2) is 33.7. The smallest absolute Gasteiger partial charge is 0.245 e. The van der Waals surface area contributed by atoms with E-state index in [9.17, 15) is 100 Å². The van der Waals surface area contributed by atoms with Crippen molar-refractivity contribution in [3.8, 4) is 0 Å². The maximum atomic E-state index is 14.2. The standard InChI is InChI=1S/C13H24FNO2.C12H14F3NO2.C12H15F2NO3.C12H16FNO2.C8H13F2NO3/c14-11(6-9-4-2-1-3-5-9)10-7-15-8-12(16)13(10)17;13-7-1-6(2-8(14)3-7)11(15)9-4-16-5-10(17)12(9)18;13-7-1-6(2-8(14)3-7)11(17)9-4-15-5-10(16)12(9)18;13-10-3-1-8(2-4-10)5-9-6-14-7-11(15)12(9)16;1-4(12)11-2-5(8(9)10)7(14)6(13)3-11/h9-13,15-17H,1-8H2;1-3,9-12,16-18H,4-5H2;1-3,9-12,15-18H,4-5H2;1-4,9,11-12,14-16H,5-7H2;5-8,13-14H,2-3H2,1H3/t10-,11?,12-,13-;2*9-,10-,11?,12-;9-,11+,12+;5-,6+,7+/m11100/s1. The number of hydrogen-bond acceptors (Lipinski definition) is 16. The van der Waals surface area contributed by atoms with E-state index in [2.05, 4.69) is 21.3 Å². The molecule has 18 atom stereocenters. The summed E-state index contributed by atoms with van der Waals surface area (Å²) in [4.78, 5) is 12.0. The summed E-state index contributed by atoms with van der Waals surface area (Å²) < 4.78 is 118. The Morgan fingerprint density at radius 1 is 0.506 bits per heavy atom. The topological polar surface area (TPSA) is 291 Å². The summed E-state index contributed by atoms with van der Waals surface area (Å²) in [7, 11) is 0. The minimum Gasteiger partial charge on any atom is -0.390 e. The van der Waals surface area contributed by atoms with Gasteiger partial charge in [-0.3, -0.25) is 4.79 Å². The number of likely N-dealkylation sites (tertiary alicyclic amines) is 1. The molecule has 15 N–H and O–H groups in total. The maximum absolute atomic E-state index is 14.2. The maximum Gasteiger partial charge on any atom is 0.245 e. The lowest BCUT2D eigenvalue weighted by atomic mass is 9.80. The first-order valence-corrected chi connectivity index (χ1v) is 28.1. The molecule has 1 amide bonds. The fraction of sp³-hybridized carbons (Fsp3) is 0.667. The largest absolute Gasteiger partial charge is 0.390 e. The monoisotopic (exact) mass is 1200 g/mol. The van der Waals surface area contributed by atoms with Crippen molar-refractivity contribution in [1.82, 2.24) is 26.2 Å². The molecule has 3 unspecified atom stereocenters. The molecule has 6 aliphatic rings. The van der Waals surface area contributed by atoms with E-state index in [0.717, 1.165) is 47.6 Å². The van der Waals surface area contributed by atoms with Crippen molar-refractivity contribution in [3.05, 3.63) is 106 Å². The van der Waals surface area contributed by atoms with Crippen LogP contribution in [0, 0.1) is 64.6 Å². The molecule has 9 rings (SSSR count). The first kappa shape index (κ1) is 69.7. The van der Waals surface area contributed by atoms with Gasteiger partial charge in [0.1, 0.15) is 41.4 Å². The number of benzene rings is 3. The number of hydrogen-bond donors (Lipinski definition) is 15. The number of rotatable bonds is 10. The molecule has 0 radical (unpaired) electrons. The number of amides is 1. The molecular weight excluding hydrogens is 1120 g/mol. The normalized spacial score (nSPS) is 32.4. The van der Waals surface area contributed by atoms with Crippen molar-refractivity contribution in [2.75, 3.05) is 65.4 Å². The molecule has 5 aliphatic heterocycles. The number of halogens is 9. The van der Waals surface area contributed by atoms with Crippen molar-refractivity contribution < 1.29 is 100 Å². The fourth-order valence-electron chi connectivity index (χ4n) is 11.2. The average Bonchev–Trinajstić information content (AvgIpc) is 3.65. The van der Waals surface area contributed by atoms with Gasteiger partial charge in [0, 0.05) is 108 Å². The molecule has 1 aliphatic carbocycles. The molecule has 3 aromatic rings. The van der Waals surface area contributed by atoms with Crippen molar-refractivity contribution in [2.24, 2.45) is 35.5 Å². The number of carbonyl (C=O) groups is 1. The number of piperidine rings is 5. The average molecular weight is 1200 g/mol. The summed E-state index contributed by atoms with van der Waals surface area (Å²) >= 11 is 0. The first-order chi connectivity index (χ1) is 39.2. The van der Waals surface area contributed by atoms with Gasteiger partial charge in [0.2, 0.25) is 12.3 Å². The number of nitrogens with zero attached hydrogens (tertiary/aromatic N) is 1. The highest BCUT2D eigenvalue weighted by Crippen LogP contribution is 2.34. The Morgan fingerprint density at radius 2 is 0.940 bits per heavy atom. The molecule has 17 nitrogen and oxygen atoms in total. The third-order valence-electron chi connectivity index (χ3n) is 16.1. The van der Waals surface area contributed by atoms with Crippen molar-refractivity contribution in [1.29, 1.82) is 0 Å². The van der Waals surface area contributed by atoms with Crippen LogP contribution in [-0.2, 0) is 11.2 Å². The van der Waals surface area contributed by atoms with Crippen LogP contribution >= 0.6 is 0 Å². The first-order valence-electron chi connectivity index (χ1n) is 28.1. The number of aliphatic hydroxyl groups excluding tert-OH is 11. The van der Waals surface area contributed by atoms with E-state index >= 15 is 0 Å². The molecule has 1 saturated carbocycles. The number of β-amino-alcohol motifs (C(OH)–C–C–N with tert-alkyl or cyclic N) is 5. The van der Waals surface area contributed by atoms with E-state index in [0.29, 0.717) is 57.1 Å². The number of nitrogens with one attached hydrogen (secondary N) is 4. The van der Waals surface area contributed by atoms with E-state index in [1.54, 1.807) is 12.1 Å². The van der Waals surface area contributed by atoms with Gasteiger partial charge in [-0.1, -0.05) is 44.2 Å². The van der Waals surface area contributed by atoms with Crippen molar-refractivity contribution in [3.63, 3.8) is 0 Å². The predicted octanol–water partition coefficient (Wildman–Crippen LogP) is 1.85. The van der Waals surface area contributed by atoms with Crippen LogP contribution in [-0.4, -0.2) is 206 Å².